The van der Waals surface area contributed by atoms with E-state index in [1.54, 1.807) is 13.3 Å². The van der Waals surface area contributed by atoms with Crippen molar-refractivity contribution in [2.24, 2.45) is 5.73 Å². The normalized spacial score (nSPS) is 14.3. The molecule has 0 saturated carbocycles. The van der Waals surface area contributed by atoms with Crippen LogP contribution in [-0.4, -0.2) is 42.1 Å². The van der Waals surface area contributed by atoms with Gasteiger partial charge in [-0.05, 0) is 49.2 Å². The van der Waals surface area contributed by atoms with E-state index >= 15 is 0 Å². The predicted octanol–water partition coefficient (Wildman–Crippen LogP) is 2.91. The molecule has 4 rings (SSSR count). The number of piperidine rings is 1. The Hall–Kier alpha value is -3.65. The van der Waals surface area contributed by atoms with Crippen LogP contribution in [0.25, 0.3) is 11.3 Å². The fraction of sp³-hybridized carbons (Fsp3) is 0.261. The maximum atomic E-state index is 13.1. The number of nitrogen functional groups attached to an aromatic ring is 1. The lowest BCUT2D eigenvalue weighted by Gasteiger charge is -2.33. The summed E-state index contributed by atoms with van der Waals surface area (Å²) in [6, 6.07) is 15.3. The van der Waals surface area contributed by atoms with E-state index < -0.39 is 5.91 Å². The fourth-order valence-corrected chi connectivity index (χ4v) is 3.64. The number of rotatable bonds is 5. The first-order valence-corrected chi connectivity index (χ1v) is 10.2. The highest BCUT2D eigenvalue weighted by atomic mass is 16.5. The van der Waals surface area contributed by atoms with Gasteiger partial charge in [0, 0.05) is 24.7 Å². The van der Waals surface area contributed by atoms with E-state index in [9.17, 15) is 4.79 Å². The average molecular weight is 419 g/mol. The van der Waals surface area contributed by atoms with Crippen LogP contribution in [0.2, 0.25) is 0 Å². The minimum absolute atomic E-state index is 0.0798. The standard InChI is InChI=1S/C23H26N6O2/c1-31-17-8-6-15(7-9-17)19-14-26-22(25)21(27-19)23(30)28-18-4-2-3-5-20(18)29-12-10-16(24)11-13-29/h2-9,14,16H,10-13,24H2,1H3,(H2,25,26)(H,28,30). The number of carbonyl (C=O) groups excluding carboxylic acids is 1. The van der Waals surface area contributed by atoms with Crippen LogP contribution in [0.15, 0.2) is 54.7 Å². The van der Waals surface area contributed by atoms with Gasteiger partial charge in [-0.25, -0.2) is 9.97 Å². The van der Waals surface area contributed by atoms with Crippen molar-refractivity contribution in [1.29, 1.82) is 0 Å². The van der Waals surface area contributed by atoms with E-state index in [4.69, 9.17) is 16.2 Å². The van der Waals surface area contributed by atoms with Crippen molar-refractivity contribution in [3.63, 3.8) is 0 Å². The first-order valence-electron chi connectivity index (χ1n) is 10.2. The molecule has 0 spiro atoms. The largest absolute Gasteiger partial charge is 0.497 e. The molecule has 0 radical (unpaired) electrons. The van der Waals surface area contributed by atoms with Gasteiger partial charge in [0.15, 0.2) is 11.5 Å². The summed E-state index contributed by atoms with van der Waals surface area (Å²) >= 11 is 0. The molecule has 2 aromatic carbocycles. The SMILES string of the molecule is COc1ccc(-c2cnc(N)c(C(=O)Nc3ccccc3N3CCC(N)CC3)n2)cc1. The predicted molar refractivity (Wildman–Crippen MR) is 122 cm³/mol. The number of hydrogen-bond acceptors (Lipinski definition) is 7. The van der Waals surface area contributed by atoms with Gasteiger partial charge in [0.1, 0.15) is 5.75 Å². The lowest BCUT2D eigenvalue weighted by molar-refractivity contribution is 0.102. The van der Waals surface area contributed by atoms with Crippen LogP contribution in [0.4, 0.5) is 17.2 Å². The van der Waals surface area contributed by atoms with Gasteiger partial charge in [-0.15, -0.1) is 0 Å². The van der Waals surface area contributed by atoms with Gasteiger partial charge in [0.25, 0.3) is 5.91 Å². The van der Waals surface area contributed by atoms with Crippen LogP contribution in [0, 0.1) is 0 Å². The van der Waals surface area contributed by atoms with Gasteiger partial charge in [0.2, 0.25) is 0 Å². The molecular formula is C23H26N6O2. The van der Waals surface area contributed by atoms with Crippen LogP contribution in [-0.2, 0) is 0 Å². The van der Waals surface area contributed by atoms with Crippen molar-refractivity contribution in [2.75, 3.05) is 36.1 Å². The number of benzene rings is 2. The summed E-state index contributed by atoms with van der Waals surface area (Å²) in [7, 11) is 1.61. The molecule has 5 N–H and O–H groups in total. The molecule has 1 aromatic heterocycles. The number of carbonyl (C=O) groups is 1. The van der Waals surface area contributed by atoms with Crippen LogP contribution < -0.4 is 26.4 Å². The van der Waals surface area contributed by atoms with E-state index in [0.29, 0.717) is 11.4 Å². The number of para-hydroxylation sites is 2. The second-order valence-corrected chi connectivity index (χ2v) is 7.51. The summed E-state index contributed by atoms with van der Waals surface area (Å²) in [6.45, 7) is 1.70. The van der Waals surface area contributed by atoms with E-state index in [1.165, 1.54) is 0 Å². The summed E-state index contributed by atoms with van der Waals surface area (Å²) in [5.41, 5.74) is 15.1. The van der Waals surface area contributed by atoms with Crippen LogP contribution >= 0.6 is 0 Å². The third-order valence-electron chi connectivity index (χ3n) is 5.43. The number of nitrogens with one attached hydrogen (secondary N) is 1. The average Bonchev–Trinajstić information content (AvgIpc) is 2.80. The van der Waals surface area contributed by atoms with Crippen LogP contribution in [0.1, 0.15) is 23.3 Å². The Kier molecular flexibility index (Phi) is 5.99. The first-order chi connectivity index (χ1) is 15.0. The number of nitrogens with two attached hydrogens (primary N) is 2. The monoisotopic (exact) mass is 418 g/mol. The van der Waals surface area contributed by atoms with Crippen molar-refractivity contribution >= 4 is 23.1 Å². The van der Waals surface area contributed by atoms with Gasteiger partial charge < -0.3 is 26.4 Å². The topological polar surface area (TPSA) is 119 Å². The highest BCUT2D eigenvalue weighted by molar-refractivity contribution is 6.07. The molecule has 1 aliphatic rings. The van der Waals surface area contributed by atoms with Crippen molar-refractivity contribution in [2.45, 2.75) is 18.9 Å². The zero-order valence-electron chi connectivity index (χ0n) is 17.4. The smallest absolute Gasteiger partial charge is 0.278 e. The summed E-state index contributed by atoms with van der Waals surface area (Å²) in [5, 5.41) is 2.96. The number of methoxy groups -OCH3 is 1. The lowest BCUT2D eigenvalue weighted by Crippen LogP contribution is -2.40. The summed E-state index contributed by atoms with van der Waals surface area (Å²) in [5.74, 6) is 0.415. The molecule has 31 heavy (non-hydrogen) atoms. The third kappa shape index (κ3) is 4.59. The zero-order chi connectivity index (χ0) is 21.8. The Morgan fingerprint density at radius 3 is 2.55 bits per heavy atom. The Morgan fingerprint density at radius 2 is 1.84 bits per heavy atom. The summed E-state index contributed by atoms with van der Waals surface area (Å²) in [4.78, 5) is 23.9. The maximum Gasteiger partial charge on any atom is 0.278 e. The Balaban J connectivity index is 1.58. The van der Waals surface area contributed by atoms with Gasteiger partial charge in [0.05, 0.1) is 30.4 Å². The highest BCUT2D eigenvalue weighted by Crippen LogP contribution is 2.29. The van der Waals surface area contributed by atoms with E-state index in [1.807, 2.05) is 48.5 Å². The number of ether oxygens (including phenoxy) is 1. The van der Waals surface area contributed by atoms with Gasteiger partial charge >= 0.3 is 0 Å². The number of nitrogens with zero attached hydrogens (tertiary/aromatic N) is 3. The molecule has 1 amide bonds. The molecule has 1 aliphatic heterocycles. The molecule has 1 fully saturated rings. The molecule has 160 valence electrons. The third-order valence-corrected chi connectivity index (χ3v) is 5.43. The number of aromatic nitrogens is 2. The molecule has 0 bridgehead atoms. The van der Waals surface area contributed by atoms with Crippen LogP contribution in [0.3, 0.4) is 0 Å². The first kappa shape index (κ1) is 20.6. The van der Waals surface area contributed by atoms with Crippen molar-refractivity contribution < 1.29 is 9.53 Å². The molecule has 3 aromatic rings. The molecule has 0 unspecified atom stereocenters. The zero-order valence-corrected chi connectivity index (χ0v) is 17.4. The van der Waals surface area contributed by atoms with Crippen molar-refractivity contribution in [3.8, 4) is 17.0 Å². The molecule has 2 heterocycles. The highest BCUT2D eigenvalue weighted by Gasteiger charge is 2.21. The van der Waals surface area contributed by atoms with Gasteiger partial charge in [-0.3, -0.25) is 4.79 Å². The Bertz CT molecular complexity index is 1060. The molecule has 0 aliphatic carbocycles. The van der Waals surface area contributed by atoms with Crippen molar-refractivity contribution in [3.05, 3.63) is 60.4 Å². The maximum absolute atomic E-state index is 13.1. The molecule has 8 nitrogen and oxygen atoms in total. The van der Waals surface area contributed by atoms with E-state index in [2.05, 4.69) is 20.2 Å². The number of amides is 1. The quantitative estimate of drug-likeness (QED) is 0.583. The fourth-order valence-electron chi connectivity index (χ4n) is 3.64. The second-order valence-electron chi connectivity index (χ2n) is 7.51. The minimum atomic E-state index is -0.401. The summed E-state index contributed by atoms with van der Waals surface area (Å²) in [6.07, 6.45) is 3.40. The molecule has 8 heteroatoms. The second kappa shape index (κ2) is 9.01. The van der Waals surface area contributed by atoms with E-state index in [-0.39, 0.29) is 17.6 Å². The lowest BCUT2D eigenvalue weighted by atomic mass is 10.0. The molecule has 0 atom stereocenters. The molecule has 1 saturated heterocycles. The molecular weight excluding hydrogens is 392 g/mol. The minimum Gasteiger partial charge on any atom is -0.497 e. The van der Waals surface area contributed by atoms with Gasteiger partial charge in [-0.2, -0.15) is 0 Å². The Labute approximate surface area is 181 Å². The Morgan fingerprint density at radius 1 is 1.13 bits per heavy atom. The number of hydrogen-bond donors (Lipinski definition) is 3. The summed E-state index contributed by atoms with van der Waals surface area (Å²) < 4.78 is 5.19. The number of anilines is 3. The van der Waals surface area contributed by atoms with Crippen molar-refractivity contribution in [1.82, 2.24) is 9.97 Å². The van der Waals surface area contributed by atoms with Gasteiger partial charge in [-0.1, -0.05) is 12.1 Å². The van der Waals surface area contributed by atoms with E-state index in [0.717, 1.165) is 42.9 Å². The van der Waals surface area contributed by atoms with Crippen LogP contribution in [0.5, 0.6) is 5.75 Å².